The largest absolute Gasteiger partial charge is 0.394 e. The molecule has 0 aliphatic carbocycles. The third kappa shape index (κ3) is 1.91. The van der Waals surface area contributed by atoms with Gasteiger partial charge >= 0.3 is 0 Å². The average Bonchev–Trinajstić information content (AvgIpc) is 2.87. The van der Waals surface area contributed by atoms with E-state index in [1.54, 1.807) is 10.6 Å². The Morgan fingerprint density at radius 1 is 1.48 bits per heavy atom. The summed E-state index contributed by atoms with van der Waals surface area (Å²) in [5.74, 6) is 0.332. The molecule has 114 valence electrons. The molecule has 2 aromatic rings. The third-order valence-corrected chi connectivity index (χ3v) is 4.02. The van der Waals surface area contributed by atoms with Crippen LogP contribution in [0.15, 0.2) is 12.4 Å². The molecule has 8 nitrogen and oxygen atoms in total. The zero-order valence-corrected chi connectivity index (χ0v) is 11.8. The van der Waals surface area contributed by atoms with Crippen molar-refractivity contribution in [3.8, 4) is 0 Å². The van der Waals surface area contributed by atoms with Gasteiger partial charge in [0.1, 0.15) is 35.6 Å². The minimum absolute atomic E-state index is 0.332. The van der Waals surface area contributed by atoms with Crippen LogP contribution in [0.5, 0.6) is 0 Å². The summed E-state index contributed by atoms with van der Waals surface area (Å²) in [6.45, 7) is 2.90. The van der Waals surface area contributed by atoms with Crippen LogP contribution in [-0.2, 0) is 4.74 Å². The van der Waals surface area contributed by atoms with E-state index >= 15 is 0 Å². The van der Waals surface area contributed by atoms with Gasteiger partial charge in [0, 0.05) is 5.69 Å². The number of rotatable bonds is 2. The van der Waals surface area contributed by atoms with Crippen molar-refractivity contribution in [1.29, 1.82) is 0 Å². The molecule has 4 atom stereocenters. The number of aliphatic hydroxyl groups excluding tert-OH is 2. The highest BCUT2D eigenvalue weighted by Crippen LogP contribution is 2.40. The molecule has 0 bridgehead atoms. The molecule has 3 unspecified atom stereocenters. The van der Waals surface area contributed by atoms with Crippen molar-refractivity contribution in [2.75, 3.05) is 12.3 Å². The predicted molar refractivity (Wildman–Crippen MR) is 74.3 cm³/mol. The minimum Gasteiger partial charge on any atom is -0.394 e. The van der Waals surface area contributed by atoms with Gasteiger partial charge in [-0.2, -0.15) is 0 Å². The Bertz CT molecular complexity index is 684. The van der Waals surface area contributed by atoms with Gasteiger partial charge in [0.2, 0.25) is 0 Å². The van der Waals surface area contributed by atoms with Crippen LogP contribution in [0.3, 0.4) is 0 Å². The molecule has 0 spiro atoms. The number of nitrogens with zero attached hydrogens (tertiary/aromatic N) is 3. The summed E-state index contributed by atoms with van der Waals surface area (Å²) in [4.78, 5) is 8.12. The van der Waals surface area contributed by atoms with E-state index in [1.165, 1.54) is 13.3 Å². The highest BCUT2D eigenvalue weighted by atomic mass is 16.6. The lowest BCUT2D eigenvalue weighted by molar-refractivity contribution is -0.0955. The molecule has 8 heteroatoms. The average molecular weight is 294 g/mol. The summed E-state index contributed by atoms with van der Waals surface area (Å²) < 4.78 is 7.28. The van der Waals surface area contributed by atoms with Crippen LogP contribution in [-0.4, -0.2) is 54.3 Å². The number of aromatic nitrogens is 3. The second-order valence-corrected chi connectivity index (χ2v) is 5.53. The summed E-state index contributed by atoms with van der Waals surface area (Å²) in [7, 11) is 0. The van der Waals surface area contributed by atoms with E-state index in [0.29, 0.717) is 16.9 Å². The number of aliphatic hydroxyl groups is 3. The van der Waals surface area contributed by atoms with Gasteiger partial charge in [-0.25, -0.2) is 9.97 Å². The number of nitrogen functional groups attached to an aromatic ring is 1. The fraction of sp³-hybridized carbons (Fsp3) is 0.538. The molecule has 3 rings (SSSR count). The lowest BCUT2D eigenvalue weighted by Crippen LogP contribution is -2.44. The maximum absolute atomic E-state index is 10.6. The normalized spacial score (nSPS) is 32.9. The molecule has 5 N–H and O–H groups in total. The number of aryl methyl sites for hydroxylation is 1. The molecule has 0 radical (unpaired) electrons. The third-order valence-electron chi connectivity index (χ3n) is 4.02. The van der Waals surface area contributed by atoms with E-state index in [4.69, 9.17) is 10.5 Å². The van der Waals surface area contributed by atoms with Gasteiger partial charge in [0.05, 0.1) is 12.0 Å². The Balaban J connectivity index is 2.17. The lowest BCUT2D eigenvalue weighted by atomic mass is 9.96. The zero-order chi connectivity index (χ0) is 15.4. The van der Waals surface area contributed by atoms with Crippen LogP contribution in [0.25, 0.3) is 11.0 Å². The first kappa shape index (κ1) is 14.2. The standard InChI is InChI=1S/C13H18N4O4/c1-6-3-7-10(14)15-5-16-11(7)17(6)12-13(2,20)9(19)8(4-18)21-12/h3,5,8-9,12,18-20H,4H2,1-2H3,(H2,14,15,16)/t8?,9-,12?,13?/m1/s1. The number of hydrogen-bond acceptors (Lipinski definition) is 7. The van der Waals surface area contributed by atoms with E-state index in [2.05, 4.69) is 9.97 Å². The van der Waals surface area contributed by atoms with Crippen LogP contribution in [0, 0.1) is 6.92 Å². The predicted octanol–water partition coefficient (Wildman–Crippen LogP) is -0.676. The van der Waals surface area contributed by atoms with Crippen LogP contribution in [0.2, 0.25) is 0 Å². The van der Waals surface area contributed by atoms with E-state index in [1.807, 2.05) is 6.92 Å². The summed E-state index contributed by atoms with van der Waals surface area (Å²) >= 11 is 0. The number of ether oxygens (including phenoxy) is 1. The molecule has 21 heavy (non-hydrogen) atoms. The van der Waals surface area contributed by atoms with Gasteiger partial charge in [-0.3, -0.25) is 0 Å². The van der Waals surface area contributed by atoms with Gasteiger partial charge in [0.25, 0.3) is 0 Å². The van der Waals surface area contributed by atoms with E-state index in [0.717, 1.165) is 5.69 Å². The molecule has 3 heterocycles. The first-order valence-electron chi connectivity index (χ1n) is 6.62. The summed E-state index contributed by atoms with van der Waals surface area (Å²) in [5, 5.41) is 30.6. The van der Waals surface area contributed by atoms with E-state index in [9.17, 15) is 15.3 Å². The SMILES string of the molecule is Cc1cc2c(N)ncnc2n1C1OC(CO)[C@@H](O)C1(C)O. The second-order valence-electron chi connectivity index (χ2n) is 5.53. The molecule has 1 aliphatic rings. The molecule has 1 aliphatic heterocycles. The fourth-order valence-corrected chi connectivity index (χ4v) is 2.84. The summed E-state index contributed by atoms with van der Waals surface area (Å²) in [5.41, 5.74) is 5.53. The second kappa shape index (κ2) is 4.63. The monoisotopic (exact) mass is 294 g/mol. The Labute approximate surface area is 120 Å². The molecule has 0 aromatic carbocycles. The van der Waals surface area contributed by atoms with Crippen molar-refractivity contribution >= 4 is 16.9 Å². The van der Waals surface area contributed by atoms with Gasteiger partial charge in [-0.1, -0.05) is 0 Å². The zero-order valence-electron chi connectivity index (χ0n) is 11.8. The fourth-order valence-electron chi connectivity index (χ4n) is 2.84. The smallest absolute Gasteiger partial charge is 0.167 e. The van der Waals surface area contributed by atoms with Crippen molar-refractivity contribution in [3.05, 3.63) is 18.1 Å². The van der Waals surface area contributed by atoms with Gasteiger partial charge in [0.15, 0.2) is 6.23 Å². The van der Waals surface area contributed by atoms with Crippen LogP contribution < -0.4 is 5.73 Å². The molecular formula is C13H18N4O4. The van der Waals surface area contributed by atoms with Crippen LogP contribution in [0.1, 0.15) is 18.8 Å². The number of hydrogen-bond donors (Lipinski definition) is 4. The highest BCUT2D eigenvalue weighted by molar-refractivity contribution is 5.87. The Morgan fingerprint density at radius 3 is 2.81 bits per heavy atom. The molecule has 2 aromatic heterocycles. The lowest BCUT2D eigenvalue weighted by Gasteiger charge is -2.28. The van der Waals surface area contributed by atoms with Gasteiger partial charge < -0.3 is 30.4 Å². The maximum atomic E-state index is 10.6. The van der Waals surface area contributed by atoms with Crippen molar-refractivity contribution in [1.82, 2.24) is 14.5 Å². The van der Waals surface area contributed by atoms with Gasteiger partial charge in [-0.15, -0.1) is 0 Å². The van der Waals surface area contributed by atoms with E-state index < -0.39 is 24.0 Å². The van der Waals surface area contributed by atoms with Crippen molar-refractivity contribution < 1.29 is 20.1 Å². The molecule has 0 amide bonds. The number of anilines is 1. The number of fused-ring (bicyclic) bond motifs is 1. The quantitative estimate of drug-likeness (QED) is 0.578. The Morgan fingerprint density at radius 2 is 2.19 bits per heavy atom. The molecule has 0 saturated carbocycles. The van der Waals surface area contributed by atoms with Crippen molar-refractivity contribution in [2.24, 2.45) is 0 Å². The molecule has 1 fully saturated rings. The number of nitrogens with two attached hydrogens (primary N) is 1. The summed E-state index contributed by atoms with van der Waals surface area (Å²) in [6, 6.07) is 1.79. The van der Waals surface area contributed by atoms with Crippen molar-refractivity contribution in [2.45, 2.75) is 37.9 Å². The molecule has 1 saturated heterocycles. The van der Waals surface area contributed by atoms with Gasteiger partial charge in [-0.05, 0) is 19.9 Å². The Kier molecular flexibility index (Phi) is 3.14. The topological polar surface area (TPSA) is 127 Å². The Hall–Kier alpha value is -1.74. The molecular weight excluding hydrogens is 276 g/mol. The van der Waals surface area contributed by atoms with Crippen LogP contribution in [0.4, 0.5) is 5.82 Å². The van der Waals surface area contributed by atoms with E-state index in [-0.39, 0.29) is 6.61 Å². The minimum atomic E-state index is -1.57. The first-order valence-corrected chi connectivity index (χ1v) is 6.62. The van der Waals surface area contributed by atoms with Crippen LogP contribution >= 0.6 is 0 Å². The highest BCUT2D eigenvalue weighted by Gasteiger charge is 2.53. The summed E-state index contributed by atoms with van der Waals surface area (Å²) in [6.07, 6.45) is -1.61. The maximum Gasteiger partial charge on any atom is 0.167 e. The first-order chi connectivity index (χ1) is 9.87. The van der Waals surface area contributed by atoms with Crippen molar-refractivity contribution in [3.63, 3.8) is 0 Å².